The lowest BCUT2D eigenvalue weighted by Crippen LogP contribution is -2.14. The second kappa shape index (κ2) is 8.02. The van der Waals surface area contributed by atoms with Gasteiger partial charge in [-0.1, -0.05) is 39.0 Å². The lowest BCUT2D eigenvalue weighted by Gasteiger charge is -2.21. The lowest BCUT2D eigenvalue weighted by molar-refractivity contribution is 0.345. The molecule has 0 radical (unpaired) electrons. The van der Waals surface area contributed by atoms with Crippen LogP contribution in [0.5, 0.6) is 0 Å². The summed E-state index contributed by atoms with van der Waals surface area (Å²) in [5.74, 6) is 1.22. The van der Waals surface area contributed by atoms with Gasteiger partial charge < -0.3 is 10.6 Å². The second-order valence-corrected chi connectivity index (χ2v) is 5.54. The molecule has 1 aromatic heterocycles. The Bertz CT molecular complexity index is 405. The van der Waals surface area contributed by atoms with Gasteiger partial charge in [-0.2, -0.15) is 4.98 Å². The van der Waals surface area contributed by atoms with Crippen LogP contribution < -0.4 is 10.6 Å². The number of aromatic nitrogens is 2. The molecule has 20 heavy (non-hydrogen) atoms. The molecule has 0 aromatic carbocycles. The van der Waals surface area contributed by atoms with Crippen molar-refractivity contribution in [1.29, 1.82) is 0 Å². The van der Waals surface area contributed by atoms with Crippen LogP contribution in [0, 0.1) is 11.7 Å². The highest BCUT2D eigenvalue weighted by Gasteiger charge is 2.13. The molecule has 0 saturated heterocycles. The zero-order chi connectivity index (χ0) is 14.2. The van der Waals surface area contributed by atoms with Crippen molar-refractivity contribution >= 4 is 11.8 Å². The summed E-state index contributed by atoms with van der Waals surface area (Å²) < 4.78 is 13.6. The van der Waals surface area contributed by atoms with Gasteiger partial charge in [0, 0.05) is 13.1 Å². The summed E-state index contributed by atoms with van der Waals surface area (Å²) in [6.45, 7) is 3.65. The minimum absolute atomic E-state index is 0.314. The average Bonchev–Trinajstić information content (AvgIpc) is 2.49. The largest absolute Gasteiger partial charge is 0.367 e. The van der Waals surface area contributed by atoms with Crippen LogP contribution in [0.4, 0.5) is 16.2 Å². The van der Waals surface area contributed by atoms with Gasteiger partial charge in [-0.3, -0.25) is 0 Å². The molecule has 0 aliphatic heterocycles. The summed E-state index contributed by atoms with van der Waals surface area (Å²) in [5, 5.41) is 6.18. The van der Waals surface area contributed by atoms with Crippen LogP contribution in [0.1, 0.15) is 51.9 Å². The minimum atomic E-state index is -0.379. The van der Waals surface area contributed by atoms with Crippen molar-refractivity contribution in [3.8, 4) is 0 Å². The molecule has 2 rings (SSSR count). The summed E-state index contributed by atoms with van der Waals surface area (Å²) in [7, 11) is 0. The number of hydrogen-bond acceptors (Lipinski definition) is 4. The first kappa shape index (κ1) is 15.0. The van der Waals surface area contributed by atoms with E-state index in [0.29, 0.717) is 11.8 Å². The van der Waals surface area contributed by atoms with Crippen LogP contribution in [0.3, 0.4) is 0 Å². The van der Waals surface area contributed by atoms with Crippen LogP contribution in [0.15, 0.2) is 6.20 Å². The van der Waals surface area contributed by atoms with E-state index in [4.69, 9.17) is 0 Å². The number of hydrogen-bond donors (Lipinski definition) is 2. The fraction of sp³-hybridized carbons (Fsp3) is 0.733. The quantitative estimate of drug-likeness (QED) is 0.797. The first-order valence-electron chi connectivity index (χ1n) is 7.80. The molecule has 1 heterocycles. The van der Waals surface area contributed by atoms with E-state index in [-0.39, 0.29) is 5.82 Å². The highest BCUT2D eigenvalue weighted by molar-refractivity contribution is 5.40. The van der Waals surface area contributed by atoms with Crippen molar-refractivity contribution in [2.24, 2.45) is 5.92 Å². The molecule has 0 bridgehead atoms. The van der Waals surface area contributed by atoms with Gasteiger partial charge >= 0.3 is 0 Å². The summed E-state index contributed by atoms with van der Waals surface area (Å²) in [6, 6.07) is 0. The Hall–Kier alpha value is -1.39. The van der Waals surface area contributed by atoms with Crippen molar-refractivity contribution in [3.05, 3.63) is 12.0 Å². The third kappa shape index (κ3) is 4.62. The predicted octanol–water partition coefficient (Wildman–Crippen LogP) is 3.82. The van der Waals surface area contributed by atoms with Crippen molar-refractivity contribution < 1.29 is 4.39 Å². The number of anilines is 2. The first-order valence-corrected chi connectivity index (χ1v) is 7.80. The Morgan fingerprint density at radius 2 is 2.00 bits per heavy atom. The summed E-state index contributed by atoms with van der Waals surface area (Å²) in [5.41, 5.74) is 0. The van der Waals surface area contributed by atoms with E-state index in [1.165, 1.54) is 38.3 Å². The van der Waals surface area contributed by atoms with E-state index in [1.54, 1.807) is 0 Å². The van der Waals surface area contributed by atoms with Crippen LogP contribution >= 0.6 is 0 Å². The maximum absolute atomic E-state index is 13.6. The molecule has 1 fully saturated rings. The Morgan fingerprint density at radius 1 is 1.20 bits per heavy atom. The van der Waals surface area contributed by atoms with Gasteiger partial charge in [0.1, 0.15) is 0 Å². The fourth-order valence-electron chi connectivity index (χ4n) is 2.68. The number of rotatable bonds is 7. The Kier molecular flexibility index (Phi) is 6.02. The Labute approximate surface area is 120 Å². The molecule has 1 saturated carbocycles. The number of nitrogens with zero attached hydrogens (tertiary/aromatic N) is 2. The molecule has 0 spiro atoms. The maximum atomic E-state index is 13.6. The van der Waals surface area contributed by atoms with Gasteiger partial charge in [0.15, 0.2) is 11.6 Å². The SMILES string of the molecule is CCCNc1ncc(F)c(NCCC2CCCCC2)n1. The van der Waals surface area contributed by atoms with E-state index < -0.39 is 0 Å². The number of halogens is 1. The third-order valence-corrected chi connectivity index (χ3v) is 3.85. The zero-order valence-corrected chi connectivity index (χ0v) is 12.3. The van der Waals surface area contributed by atoms with Crippen LogP contribution in [-0.2, 0) is 0 Å². The summed E-state index contributed by atoms with van der Waals surface area (Å²) in [6.07, 6.45) is 10.0. The van der Waals surface area contributed by atoms with Gasteiger partial charge in [0.25, 0.3) is 0 Å². The average molecular weight is 280 g/mol. The highest BCUT2D eigenvalue weighted by Crippen LogP contribution is 2.26. The van der Waals surface area contributed by atoms with Gasteiger partial charge in [-0.15, -0.1) is 0 Å². The molecule has 2 N–H and O–H groups in total. The Morgan fingerprint density at radius 3 is 2.75 bits per heavy atom. The van der Waals surface area contributed by atoms with Crippen LogP contribution in [0.25, 0.3) is 0 Å². The molecular weight excluding hydrogens is 255 g/mol. The summed E-state index contributed by atoms with van der Waals surface area (Å²) >= 11 is 0. The molecule has 1 aromatic rings. The van der Waals surface area contributed by atoms with E-state index in [1.807, 2.05) is 0 Å². The van der Waals surface area contributed by atoms with E-state index >= 15 is 0 Å². The van der Waals surface area contributed by atoms with Gasteiger partial charge in [-0.25, -0.2) is 9.37 Å². The van der Waals surface area contributed by atoms with Crippen LogP contribution in [0.2, 0.25) is 0 Å². The Balaban J connectivity index is 1.81. The molecule has 0 atom stereocenters. The second-order valence-electron chi connectivity index (χ2n) is 5.54. The van der Waals surface area contributed by atoms with Crippen molar-refractivity contribution in [3.63, 3.8) is 0 Å². The van der Waals surface area contributed by atoms with Crippen molar-refractivity contribution in [1.82, 2.24) is 9.97 Å². The smallest absolute Gasteiger partial charge is 0.224 e. The standard InChI is InChI=1S/C15H25FN4/c1-2-9-18-15-19-11-13(16)14(20-15)17-10-8-12-6-4-3-5-7-12/h11-12H,2-10H2,1H3,(H2,17,18,19,20). The molecule has 1 aliphatic carbocycles. The fourth-order valence-corrected chi connectivity index (χ4v) is 2.68. The lowest BCUT2D eigenvalue weighted by atomic mass is 9.87. The van der Waals surface area contributed by atoms with E-state index in [9.17, 15) is 4.39 Å². The minimum Gasteiger partial charge on any atom is -0.367 e. The topological polar surface area (TPSA) is 49.8 Å². The zero-order valence-electron chi connectivity index (χ0n) is 12.3. The highest BCUT2D eigenvalue weighted by atomic mass is 19.1. The monoisotopic (exact) mass is 280 g/mol. The first-order chi connectivity index (χ1) is 9.79. The maximum Gasteiger partial charge on any atom is 0.224 e. The van der Waals surface area contributed by atoms with Gasteiger partial charge in [-0.05, 0) is 18.8 Å². The van der Waals surface area contributed by atoms with E-state index in [0.717, 1.165) is 31.8 Å². The molecule has 5 heteroatoms. The molecule has 112 valence electrons. The number of nitrogens with one attached hydrogen (secondary N) is 2. The molecule has 0 unspecified atom stereocenters. The van der Waals surface area contributed by atoms with Gasteiger partial charge in [0.2, 0.25) is 5.95 Å². The normalized spacial score (nSPS) is 16.1. The molecule has 4 nitrogen and oxygen atoms in total. The molecular formula is C15H25FN4. The summed E-state index contributed by atoms with van der Waals surface area (Å²) in [4.78, 5) is 8.12. The van der Waals surface area contributed by atoms with E-state index in [2.05, 4.69) is 27.5 Å². The van der Waals surface area contributed by atoms with Crippen molar-refractivity contribution in [2.75, 3.05) is 23.7 Å². The third-order valence-electron chi connectivity index (χ3n) is 3.85. The van der Waals surface area contributed by atoms with Crippen molar-refractivity contribution in [2.45, 2.75) is 51.9 Å². The molecule has 1 aliphatic rings. The van der Waals surface area contributed by atoms with Gasteiger partial charge in [0.05, 0.1) is 6.20 Å². The van der Waals surface area contributed by atoms with Crippen LogP contribution in [-0.4, -0.2) is 23.1 Å². The predicted molar refractivity (Wildman–Crippen MR) is 80.5 cm³/mol. The molecule has 0 amide bonds.